The van der Waals surface area contributed by atoms with E-state index in [-0.39, 0.29) is 12.4 Å². The van der Waals surface area contributed by atoms with Crippen LogP contribution < -0.4 is 5.32 Å². The molecule has 1 saturated heterocycles. The second kappa shape index (κ2) is 6.86. The minimum Gasteiger partial charge on any atom is -0.469 e. The third-order valence-corrected chi connectivity index (χ3v) is 4.31. The maximum Gasteiger partial charge on any atom is 0.311 e. The first-order valence-electron chi connectivity index (χ1n) is 6.68. The van der Waals surface area contributed by atoms with Gasteiger partial charge < -0.3 is 15.0 Å². The number of carbonyl (C=O) groups is 1. The van der Waals surface area contributed by atoms with Crippen LogP contribution in [0.2, 0.25) is 0 Å². The van der Waals surface area contributed by atoms with E-state index in [0.29, 0.717) is 5.92 Å². The lowest BCUT2D eigenvalue weighted by Crippen LogP contribution is -2.22. The Labute approximate surface area is 118 Å². The third-order valence-electron chi connectivity index (χ3n) is 3.46. The van der Waals surface area contributed by atoms with E-state index in [2.05, 4.69) is 26.9 Å². The molecular weight excluding hydrogens is 262 g/mol. The molecule has 0 spiro atoms. The lowest BCUT2D eigenvalue weighted by molar-refractivity contribution is -0.139. The van der Waals surface area contributed by atoms with Gasteiger partial charge in [-0.3, -0.25) is 4.79 Å². The Bertz CT molecular complexity index is 422. The molecule has 2 rings (SSSR count). The van der Waals surface area contributed by atoms with Crippen molar-refractivity contribution in [3.8, 4) is 0 Å². The van der Waals surface area contributed by atoms with Crippen LogP contribution in [0.25, 0.3) is 0 Å². The van der Waals surface area contributed by atoms with Crippen molar-refractivity contribution in [3.05, 3.63) is 11.1 Å². The van der Waals surface area contributed by atoms with Gasteiger partial charge in [-0.1, -0.05) is 6.92 Å². The number of esters is 1. The summed E-state index contributed by atoms with van der Waals surface area (Å²) >= 11 is 1.55. The lowest BCUT2D eigenvalue weighted by atomic mass is 10.1. The van der Waals surface area contributed by atoms with Crippen LogP contribution in [-0.2, 0) is 16.0 Å². The van der Waals surface area contributed by atoms with E-state index in [1.165, 1.54) is 26.6 Å². The Kier molecular flexibility index (Phi) is 5.15. The van der Waals surface area contributed by atoms with Crippen molar-refractivity contribution in [2.45, 2.75) is 19.8 Å². The number of ether oxygens (including phenoxy) is 1. The summed E-state index contributed by atoms with van der Waals surface area (Å²) in [4.78, 5) is 18.0. The van der Waals surface area contributed by atoms with E-state index in [1.54, 1.807) is 11.3 Å². The fourth-order valence-electron chi connectivity index (χ4n) is 2.29. The number of aromatic nitrogens is 1. The number of methoxy groups -OCH3 is 1. The third kappa shape index (κ3) is 4.18. The fraction of sp³-hybridized carbons (Fsp3) is 0.692. The van der Waals surface area contributed by atoms with Crippen LogP contribution in [0.1, 0.15) is 19.0 Å². The van der Waals surface area contributed by atoms with E-state index in [0.717, 1.165) is 23.9 Å². The van der Waals surface area contributed by atoms with Crippen LogP contribution in [-0.4, -0.2) is 49.1 Å². The minimum absolute atomic E-state index is 0.244. The first kappa shape index (κ1) is 14.3. The Morgan fingerprint density at radius 2 is 2.53 bits per heavy atom. The second-order valence-electron chi connectivity index (χ2n) is 4.83. The van der Waals surface area contributed by atoms with Gasteiger partial charge in [0.05, 0.1) is 19.2 Å². The average molecular weight is 283 g/mol. The smallest absolute Gasteiger partial charge is 0.311 e. The van der Waals surface area contributed by atoms with E-state index < -0.39 is 0 Å². The van der Waals surface area contributed by atoms with Crippen molar-refractivity contribution in [2.24, 2.45) is 5.92 Å². The SMILES string of the molecule is CCN1CCC(CNc2nc(CC(=O)OC)cs2)C1. The number of nitrogens with one attached hydrogen (secondary N) is 1. The van der Waals surface area contributed by atoms with Gasteiger partial charge in [0.1, 0.15) is 0 Å². The predicted molar refractivity (Wildman–Crippen MR) is 76.5 cm³/mol. The predicted octanol–water partition coefficient (Wildman–Crippen LogP) is 1.61. The van der Waals surface area contributed by atoms with Gasteiger partial charge in [-0.15, -0.1) is 11.3 Å². The zero-order chi connectivity index (χ0) is 13.7. The minimum atomic E-state index is -0.244. The lowest BCUT2D eigenvalue weighted by Gasteiger charge is -2.13. The molecule has 19 heavy (non-hydrogen) atoms. The topological polar surface area (TPSA) is 54.5 Å². The van der Waals surface area contributed by atoms with Gasteiger partial charge in [-0.25, -0.2) is 4.98 Å². The van der Waals surface area contributed by atoms with Gasteiger partial charge in [0, 0.05) is 18.5 Å². The highest BCUT2D eigenvalue weighted by Crippen LogP contribution is 2.19. The molecule has 1 aliphatic heterocycles. The van der Waals surface area contributed by atoms with Crippen molar-refractivity contribution in [3.63, 3.8) is 0 Å². The second-order valence-corrected chi connectivity index (χ2v) is 5.68. The highest BCUT2D eigenvalue weighted by atomic mass is 32.1. The first-order valence-corrected chi connectivity index (χ1v) is 7.56. The molecule has 6 heteroatoms. The number of nitrogens with zero attached hydrogens (tertiary/aromatic N) is 2. The number of rotatable bonds is 6. The Morgan fingerprint density at radius 3 is 3.21 bits per heavy atom. The van der Waals surface area contributed by atoms with E-state index in [1.807, 2.05) is 5.38 Å². The van der Waals surface area contributed by atoms with Crippen molar-refractivity contribution in [2.75, 3.05) is 38.6 Å². The van der Waals surface area contributed by atoms with Gasteiger partial charge in [-0.05, 0) is 25.4 Å². The standard InChI is InChI=1S/C13H21N3O2S/c1-3-16-5-4-10(8-16)7-14-13-15-11(9-19-13)6-12(17)18-2/h9-10H,3-8H2,1-2H3,(H,14,15). The van der Waals surface area contributed by atoms with Crippen LogP contribution in [0.4, 0.5) is 5.13 Å². The Balaban J connectivity index is 1.76. The highest BCUT2D eigenvalue weighted by molar-refractivity contribution is 7.13. The molecule has 106 valence electrons. The molecule has 0 aliphatic carbocycles. The van der Waals surface area contributed by atoms with Crippen LogP contribution >= 0.6 is 11.3 Å². The summed E-state index contributed by atoms with van der Waals surface area (Å²) in [7, 11) is 1.40. The summed E-state index contributed by atoms with van der Waals surface area (Å²) in [5.41, 5.74) is 0.779. The number of anilines is 1. The fourth-order valence-corrected chi connectivity index (χ4v) is 3.01. The summed E-state index contributed by atoms with van der Waals surface area (Å²) in [6, 6.07) is 0. The molecule has 1 fully saturated rings. The maximum absolute atomic E-state index is 11.1. The molecule has 0 aromatic carbocycles. The summed E-state index contributed by atoms with van der Waals surface area (Å²) in [5.74, 6) is 0.458. The molecule has 1 atom stereocenters. The average Bonchev–Trinajstić information content (AvgIpc) is 3.05. The molecule has 5 nitrogen and oxygen atoms in total. The molecule has 1 N–H and O–H groups in total. The molecule has 0 amide bonds. The zero-order valence-corrected chi connectivity index (χ0v) is 12.3. The Hall–Kier alpha value is -1.14. The van der Waals surface area contributed by atoms with E-state index >= 15 is 0 Å². The summed E-state index contributed by atoms with van der Waals surface area (Å²) in [6.45, 7) is 6.67. The molecule has 0 saturated carbocycles. The van der Waals surface area contributed by atoms with Gasteiger partial charge in [0.2, 0.25) is 0 Å². The monoisotopic (exact) mass is 283 g/mol. The summed E-state index contributed by atoms with van der Waals surface area (Å²) < 4.78 is 4.63. The van der Waals surface area contributed by atoms with Gasteiger partial charge in [0.15, 0.2) is 5.13 Å². The molecular formula is C13H21N3O2S. The normalized spacial score (nSPS) is 19.6. The number of carbonyl (C=O) groups excluding carboxylic acids is 1. The molecule has 1 aromatic rings. The van der Waals surface area contributed by atoms with Crippen molar-refractivity contribution in [1.82, 2.24) is 9.88 Å². The van der Waals surface area contributed by atoms with E-state index in [9.17, 15) is 4.79 Å². The Morgan fingerprint density at radius 1 is 1.68 bits per heavy atom. The molecule has 0 radical (unpaired) electrons. The largest absolute Gasteiger partial charge is 0.469 e. The number of hydrogen-bond acceptors (Lipinski definition) is 6. The molecule has 1 aromatic heterocycles. The molecule has 1 aliphatic rings. The van der Waals surface area contributed by atoms with Crippen LogP contribution in [0.3, 0.4) is 0 Å². The number of thiazole rings is 1. The van der Waals surface area contributed by atoms with E-state index in [4.69, 9.17) is 0 Å². The van der Waals surface area contributed by atoms with Gasteiger partial charge in [0.25, 0.3) is 0 Å². The molecule has 0 bridgehead atoms. The first-order chi connectivity index (χ1) is 9.21. The quantitative estimate of drug-likeness (QED) is 0.804. The zero-order valence-electron chi connectivity index (χ0n) is 11.5. The van der Waals surface area contributed by atoms with Crippen LogP contribution in [0.5, 0.6) is 0 Å². The van der Waals surface area contributed by atoms with Crippen molar-refractivity contribution >= 4 is 22.4 Å². The van der Waals surface area contributed by atoms with Gasteiger partial charge in [-0.2, -0.15) is 0 Å². The highest BCUT2D eigenvalue weighted by Gasteiger charge is 2.21. The maximum atomic E-state index is 11.1. The van der Waals surface area contributed by atoms with Crippen molar-refractivity contribution in [1.29, 1.82) is 0 Å². The van der Waals surface area contributed by atoms with Crippen LogP contribution in [0, 0.1) is 5.92 Å². The summed E-state index contributed by atoms with van der Waals surface area (Å²) in [5, 5.41) is 6.18. The van der Waals surface area contributed by atoms with Gasteiger partial charge >= 0.3 is 5.97 Å². The number of likely N-dealkylation sites (tertiary alicyclic amines) is 1. The molecule has 1 unspecified atom stereocenters. The number of hydrogen-bond donors (Lipinski definition) is 1. The van der Waals surface area contributed by atoms with Crippen LogP contribution in [0.15, 0.2) is 5.38 Å². The molecule has 2 heterocycles. The van der Waals surface area contributed by atoms with Crippen molar-refractivity contribution < 1.29 is 9.53 Å². The summed E-state index contributed by atoms with van der Waals surface area (Å²) in [6.07, 6.45) is 1.50.